The van der Waals surface area contributed by atoms with Crippen molar-refractivity contribution < 1.29 is 32.6 Å². The van der Waals surface area contributed by atoms with Crippen molar-refractivity contribution in [2.24, 2.45) is 17.8 Å². The topological polar surface area (TPSA) is 75.6 Å². The first-order valence-corrected chi connectivity index (χ1v) is 11.9. The van der Waals surface area contributed by atoms with Crippen LogP contribution in [0.1, 0.15) is 56.2 Å². The summed E-state index contributed by atoms with van der Waals surface area (Å²) in [5.41, 5.74) is 0.607. The summed E-state index contributed by atoms with van der Waals surface area (Å²) in [6.45, 7) is 4.48. The third kappa shape index (κ3) is 7.73. The number of carboxylic acids is 1. The number of ether oxygens (including phenoxy) is 1. The van der Waals surface area contributed by atoms with E-state index >= 15 is 0 Å². The van der Waals surface area contributed by atoms with Gasteiger partial charge in [0.2, 0.25) is 5.91 Å². The zero-order chi connectivity index (χ0) is 25.6. The van der Waals surface area contributed by atoms with Crippen molar-refractivity contribution >= 4 is 11.9 Å². The highest BCUT2D eigenvalue weighted by molar-refractivity contribution is 5.85. The van der Waals surface area contributed by atoms with Crippen molar-refractivity contribution in [2.45, 2.75) is 64.8 Å². The molecule has 1 saturated carbocycles. The Hall–Kier alpha value is -3.03. The van der Waals surface area contributed by atoms with Gasteiger partial charge in [-0.1, -0.05) is 38.1 Å². The number of benzene rings is 2. The first-order chi connectivity index (χ1) is 16.5. The molecule has 1 aliphatic rings. The van der Waals surface area contributed by atoms with E-state index in [0.29, 0.717) is 23.1 Å². The molecule has 35 heavy (non-hydrogen) atoms. The number of halogens is 3. The summed E-state index contributed by atoms with van der Waals surface area (Å²) in [6.07, 6.45) is -0.696. The third-order valence-electron chi connectivity index (χ3n) is 6.75. The maximum absolute atomic E-state index is 12.7. The molecule has 0 aromatic heterocycles. The van der Waals surface area contributed by atoms with Gasteiger partial charge in [-0.3, -0.25) is 4.79 Å². The SMILES string of the molecule is CC(C)[C@H]1CC[C@H](C(=O)N[C@H](Cc2ccc(OCc3ccc(C(F)(F)F)cc3)cc2)C(=O)O)CC1. The van der Waals surface area contributed by atoms with E-state index in [1.165, 1.54) is 12.1 Å². The van der Waals surface area contributed by atoms with Crippen LogP contribution < -0.4 is 10.1 Å². The molecule has 0 saturated heterocycles. The number of alkyl halides is 3. The zero-order valence-corrected chi connectivity index (χ0v) is 20.0. The molecule has 0 aliphatic heterocycles. The number of hydrogen-bond acceptors (Lipinski definition) is 3. The maximum Gasteiger partial charge on any atom is 0.416 e. The van der Waals surface area contributed by atoms with E-state index in [2.05, 4.69) is 19.2 Å². The fourth-order valence-corrected chi connectivity index (χ4v) is 4.45. The van der Waals surface area contributed by atoms with Crippen LogP contribution in [-0.2, 0) is 28.8 Å². The van der Waals surface area contributed by atoms with Crippen molar-refractivity contribution in [1.29, 1.82) is 0 Å². The van der Waals surface area contributed by atoms with E-state index in [1.54, 1.807) is 24.3 Å². The molecular formula is C27H32F3NO4. The molecule has 190 valence electrons. The molecule has 0 heterocycles. The lowest BCUT2D eigenvalue weighted by molar-refractivity contribution is -0.142. The second-order valence-electron chi connectivity index (χ2n) is 9.59. The standard InChI is InChI=1S/C27H32F3NO4/c1-17(2)20-7-9-21(10-8-20)25(32)31-24(26(33)34)15-18-5-13-23(14-6-18)35-16-19-3-11-22(12-4-19)27(28,29)30/h3-6,11-14,17,20-21,24H,7-10,15-16H2,1-2H3,(H,31,32)(H,33,34)/t20-,21-,24-/m1/s1. The molecule has 2 aromatic carbocycles. The van der Waals surface area contributed by atoms with Gasteiger partial charge in [-0.2, -0.15) is 13.2 Å². The number of carbonyl (C=O) groups excluding carboxylic acids is 1. The molecule has 0 spiro atoms. The molecule has 2 N–H and O–H groups in total. The van der Waals surface area contributed by atoms with E-state index in [9.17, 15) is 27.9 Å². The van der Waals surface area contributed by atoms with Crippen LogP contribution in [0.2, 0.25) is 0 Å². The number of amides is 1. The molecule has 1 aliphatic carbocycles. The van der Waals surface area contributed by atoms with Gasteiger partial charge >= 0.3 is 12.1 Å². The Balaban J connectivity index is 1.51. The van der Waals surface area contributed by atoms with E-state index in [4.69, 9.17) is 4.74 Å². The predicted molar refractivity (Wildman–Crippen MR) is 126 cm³/mol. The zero-order valence-electron chi connectivity index (χ0n) is 20.0. The van der Waals surface area contributed by atoms with Gasteiger partial charge in [-0.05, 0) is 72.9 Å². The molecule has 1 atom stereocenters. The Kier molecular flexibility index (Phi) is 8.81. The predicted octanol–water partition coefficient (Wildman–Crippen LogP) is 5.86. The van der Waals surface area contributed by atoms with E-state index in [0.717, 1.165) is 43.4 Å². The van der Waals surface area contributed by atoms with E-state index in [1.807, 2.05) is 0 Å². The first-order valence-electron chi connectivity index (χ1n) is 11.9. The van der Waals surface area contributed by atoms with Gasteiger partial charge in [-0.25, -0.2) is 4.79 Å². The van der Waals surface area contributed by atoms with Crippen molar-refractivity contribution in [3.8, 4) is 5.75 Å². The molecule has 0 bridgehead atoms. The summed E-state index contributed by atoms with van der Waals surface area (Å²) in [5, 5.41) is 12.3. The normalized spacial score (nSPS) is 19.3. The highest BCUT2D eigenvalue weighted by Gasteiger charge is 2.31. The highest BCUT2D eigenvalue weighted by Crippen LogP contribution is 2.33. The van der Waals surface area contributed by atoms with E-state index < -0.39 is 23.8 Å². The summed E-state index contributed by atoms with van der Waals surface area (Å²) in [4.78, 5) is 24.4. The smallest absolute Gasteiger partial charge is 0.416 e. The van der Waals surface area contributed by atoms with Crippen molar-refractivity contribution in [3.63, 3.8) is 0 Å². The highest BCUT2D eigenvalue weighted by atomic mass is 19.4. The summed E-state index contributed by atoms with van der Waals surface area (Å²) in [7, 11) is 0. The summed E-state index contributed by atoms with van der Waals surface area (Å²) >= 11 is 0. The van der Waals surface area contributed by atoms with Gasteiger partial charge in [0.05, 0.1) is 5.56 Å². The minimum absolute atomic E-state index is 0.102. The summed E-state index contributed by atoms with van der Waals surface area (Å²) in [6, 6.07) is 10.5. The molecule has 0 radical (unpaired) electrons. The lowest BCUT2D eigenvalue weighted by Gasteiger charge is -2.30. The van der Waals surface area contributed by atoms with Gasteiger partial charge in [0.15, 0.2) is 0 Å². The van der Waals surface area contributed by atoms with Crippen LogP contribution in [-0.4, -0.2) is 23.0 Å². The Bertz CT molecular complexity index is 979. The lowest BCUT2D eigenvalue weighted by Crippen LogP contribution is -2.45. The van der Waals surface area contributed by atoms with Crippen LogP contribution in [0, 0.1) is 17.8 Å². The Labute approximate surface area is 203 Å². The number of carboxylic acid groups (broad SMARTS) is 1. The average Bonchev–Trinajstić information content (AvgIpc) is 2.82. The van der Waals surface area contributed by atoms with Crippen LogP contribution >= 0.6 is 0 Å². The largest absolute Gasteiger partial charge is 0.489 e. The van der Waals surface area contributed by atoms with Crippen LogP contribution in [0.3, 0.4) is 0 Å². The fourth-order valence-electron chi connectivity index (χ4n) is 4.45. The molecule has 1 amide bonds. The van der Waals surface area contributed by atoms with Gasteiger partial charge in [-0.15, -0.1) is 0 Å². The molecular weight excluding hydrogens is 459 g/mol. The van der Waals surface area contributed by atoms with Crippen molar-refractivity contribution in [1.82, 2.24) is 5.32 Å². The Morgan fingerprint density at radius 1 is 0.971 bits per heavy atom. The van der Waals surface area contributed by atoms with Crippen LogP contribution in [0.15, 0.2) is 48.5 Å². The third-order valence-corrected chi connectivity index (χ3v) is 6.75. The monoisotopic (exact) mass is 491 g/mol. The van der Waals surface area contributed by atoms with Gasteiger partial charge in [0, 0.05) is 12.3 Å². The fraction of sp³-hybridized carbons (Fsp3) is 0.481. The molecule has 0 unspecified atom stereocenters. The number of hydrogen-bond donors (Lipinski definition) is 2. The number of carbonyl (C=O) groups is 2. The quantitative estimate of drug-likeness (QED) is 0.461. The first kappa shape index (κ1) is 26.6. The van der Waals surface area contributed by atoms with Crippen LogP contribution in [0.4, 0.5) is 13.2 Å². The van der Waals surface area contributed by atoms with Gasteiger partial charge in [0.1, 0.15) is 18.4 Å². The maximum atomic E-state index is 12.7. The molecule has 2 aromatic rings. The molecule has 5 nitrogen and oxygen atoms in total. The van der Waals surface area contributed by atoms with Crippen molar-refractivity contribution in [3.05, 3.63) is 65.2 Å². The van der Waals surface area contributed by atoms with Crippen LogP contribution in [0.5, 0.6) is 5.75 Å². The second kappa shape index (κ2) is 11.6. The van der Waals surface area contributed by atoms with E-state index in [-0.39, 0.29) is 24.9 Å². The van der Waals surface area contributed by atoms with Gasteiger partial charge in [0.25, 0.3) is 0 Å². The lowest BCUT2D eigenvalue weighted by atomic mass is 9.76. The Morgan fingerprint density at radius 3 is 2.06 bits per heavy atom. The Morgan fingerprint density at radius 2 is 1.54 bits per heavy atom. The molecule has 3 rings (SSSR count). The average molecular weight is 492 g/mol. The second-order valence-corrected chi connectivity index (χ2v) is 9.59. The summed E-state index contributed by atoms with van der Waals surface area (Å²) < 4.78 is 43.6. The summed E-state index contributed by atoms with van der Waals surface area (Å²) in [5.74, 6) is 0.286. The minimum Gasteiger partial charge on any atom is -0.489 e. The molecule has 1 fully saturated rings. The van der Waals surface area contributed by atoms with Gasteiger partial charge < -0.3 is 15.2 Å². The van der Waals surface area contributed by atoms with Crippen molar-refractivity contribution in [2.75, 3.05) is 0 Å². The minimum atomic E-state index is -4.38. The number of nitrogens with one attached hydrogen (secondary N) is 1. The number of aliphatic carboxylic acids is 1. The molecule has 8 heteroatoms. The van der Waals surface area contributed by atoms with Crippen LogP contribution in [0.25, 0.3) is 0 Å². The number of rotatable bonds is 9.